The summed E-state index contributed by atoms with van der Waals surface area (Å²) in [4.78, 5) is 11.7. The molecule has 0 saturated heterocycles. The summed E-state index contributed by atoms with van der Waals surface area (Å²) in [5, 5.41) is 8.69. The van der Waals surface area contributed by atoms with Crippen molar-refractivity contribution in [3.8, 4) is 0 Å². The Morgan fingerprint density at radius 2 is 2.31 bits per heavy atom. The number of carbonyl (C=O) groups is 1. The van der Waals surface area contributed by atoms with Crippen LogP contribution in [0.1, 0.15) is 5.56 Å². The minimum absolute atomic E-state index is 0.418. The van der Waals surface area contributed by atoms with E-state index in [-0.39, 0.29) is 0 Å². The fraction of sp³-hybridized carbons (Fsp3) is 0.222. The molecule has 0 saturated carbocycles. The van der Waals surface area contributed by atoms with Crippen molar-refractivity contribution in [1.82, 2.24) is 0 Å². The van der Waals surface area contributed by atoms with Gasteiger partial charge in [-0.2, -0.15) is 0 Å². The molecule has 0 aliphatic carbocycles. The molecule has 0 aromatic heterocycles. The van der Waals surface area contributed by atoms with Crippen molar-refractivity contribution in [3.05, 3.63) is 29.8 Å². The highest BCUT2D eigenvalue weighted by atomic mass is 16.4. The number of amides is 1. The molecular formula is C9H12N2O2. The first-order chi connectivity index (χ1) is 6.15. The van der Waals surface area contributed by atoms with Crippen molar-refractivity contribution in [1.29, 1.82) is 0 Å². The Morgan fingerprint density at radius 3 is 2.85 bits per heavy atom. The zero-order valence-corrected chi connectivity index (χ0v) is 7.40. The van der Waals surface area contributed by atoms with Gasteiger partial charge in [0.15, 0.2) is 0 Å². The summed E-state index contributed by atoms with van der Waals surface area (Å²) in [6.07, 6.45) is -0.978. The zero-order chi connectivity index (χ0) is 9.84. The molecule has 70 valence electrons. The van der Waals surface area contributed by atoms with Crippen LogP contribution in [0.5, 0.6) is 0 Å². The Hall–Kier alpha value is -1.55. The van der Waals surface area contributed by atoms with Crippen molar-refractivity contribution >= 4 is 11.8 Å². The molecule has 0 atom stereocenters. The minimum atomic E-state index is -0.978. The van der Waals surface area contributed by atoms with Crippen LogP contribution in [0.15, 0.2) is 24.3 Å². The smallest absolute Gasteiger partial charge is 0.411 e. The van der Waals surface area contributed by atoms with Gasteiger partial charge in [-0.1, -0.05) is 12.1 Å². The number of rotatable bonds is 2. The number of benzene rings is 1. The number of carboxylic acid groups (broad SMARTS) is 1. The fourth-order valence-corrected chi connectivity index (χ4v) is 1.00. The van der Waals surface area contributed by atoms with Crippen LogP contribution in [-0.4, -0.2) is 18.2 Å². The summed E-state index contributed by atoms with van der Waals surface area (Å²) < 4.78 is 0. The van der Waals surface area contributed by atoms with Gasteiger partial charge in [-0.15, -0.1) is 0 Å². The van der Waals surface area contributed by atoms with Gasteiger partial charge in [-0.25, -0.2) is 4.79 Å². The van der Waals surface area contributed by atoms with Crippen LogP contribution in [0.2, 0.25) is 0 Å². The Morgan fingerprint density at radius 1 is 1.62 bits per heavy atom. The van der Waals surface area contributed by atoms with Gasteiger partial charge >= 0.3 is 6.09 Å². The van der Waals surface area contributed by atoms with Gasteiger partial charge in [0.1, 0.15) is 0 Å². The number of nitrogens with two attached hydrogens (primary N) is 1. The standard InChI is InChI=1S/C9H12N2O2/c1-11(9(12)13)8-4-2-3-7(5-8)6-10/h2-5H,6,10H2,1H3,(H,12,13). The Bertz CT molecular complexity index is 312. The summed E-state index contributed by atoms with van der Waals surface area (Å²) >= 11 is 0. The second-order valence-corrected chi connectivity index (χ2v) is 2.72. The molecule has 0 radical (unpaired) electrons. The van der Waals surface area contributed by atoms with Crippen LogP contribution in [0, 0.1) is 0 Å². The molecule has 0 heterocycles. The van der Waals surface area contributed by atoms with Gasteiger partial charge in [-0.05, 0) is 17.7 Å². The van der Waals surface area contributed by atoms with E-state index in [1.165, 1.54) is 7.05 Å². The Balaban J connectivity index is 2.94. The van der Waals surface area contributed by atoms with E-state index in [2.05, 4.69) is 0 Å². The third-order valence-corrected chi connectivity index (χ3v) is 1.82. The van der Waals surface area contributed by atoms with Crippen LogP contribution in [0.25, 0.3) is 0 Å². The summed E-state index contributed by atoms with van der Waals surface area (Å²) in [6, 6.07) is 7.14. The fourth-order valence-electron chi connectivity index (χ4n) is 1.00. The third-order valence-electron chi connectivity index (χ3n) is 1.82. The first-order valence-electron chi connectivity index (χ1n) is 3.91. The lowest BCUT2D eigenvalue weighted by atomic mass is 10.2. The summed E-state index contributed by atoms with van der Waals surface area (Å²) in [7, 11) is 1.50. The van der Waals surface area contributed by atoms with Crippen LogP contribution >= 0.6 is 0 Å². The van der Waals surface area contributed by atoms with E-state index in [1.807, 2.05) is 6.07 Å². The molecule has 1 amide bonds. The normalized spacial score (nSPS) is 9.69. The number of nitrogens with zero attached hydrogens (tertiary/aromatic N) is 1. The van der Waals surface area contributed by atoms with Gasteiger partial charge in [0.05, 0.1) is 0 Å². The van der Waals surface area contributed by atoms with Crippen molar-refractivity contribution in [2.24, 2.45) is 5.73 Å². The molecule has 0 fully saturated rings. The summed E-state index contributed by atoms with van der Waals surface area (Å²) in [6.45, 7) is 0.418. The predicted molar refractivity (Wildman–Crippen MR) is 50.8 cm³/mol. The molecule has 3 N–H and O–H groups in total. The first-order valence-corrected chi connectivity index (χ1v) is 3.91. The highest BCUT2D eigenvalue weighted by Crippen LogP contribution is 2.14. The first kappa shape index (κ1) is 9.54. The SMILES string of the molecule is CN(C(=O)O)c1cccc(CN)c1. The largest absolute Gasteiger partial charge is 0.465 e. The maximum absolute atomic E-state index is 10.6. The van der Waals surface area contributed by atoms with E-state index >= 15 is 0 Å². The van der Waals surface area contributed by atoms with Gasteiger partial charge in [0.2, 0.25) is 0 Å². The molecule has 0 unspecified atom stereocenters. The highest BCUT2D eigenvalue weighted by molar-refractivity contribution is 5.85. The molecule has 13 heavy (non-hydrogen) atoms. The van der Waals surface area contributed by atoms with E-state index in [4.69, 9.17) is 10.8 Å². The number of hydrogen-bond acceptors (Lipinski definition) is 2. The predicted octanol–water partition coefficient (Wildman–Crippen LogP) is 1.26. The average Bonchev–Trinajstić information content (AvgIpc) is 2.16. The maximum Gasteiger partial charge on any atom is 0.411 e. The second-order valence-electron chi connectivity index (χ2n) is 2.72. The quantitative estimate of drug-likeness (QED) is 0.720. The highest BCUT2D eigenvalue weighted by Gasteiger charge is 2.07. The molecule has 4 heteroatoms. The summed E-state index contributed by atoms with van der Waals surface area (Å²) in [5.74, 6) is 0. The molecule has 0 aliphatic heterocycles. The molecule has 0 spiro atoms. The third kappa shape index (κ3) is 2.19. The van der Waals surface area contributed by atoms with Crippen LogP contribution in [-0.2, 0) is 6.54 Å². The lowest BCUT2D eigenvalue weighted by molar-refractivity contribution is 0.203. The van der Waals surface area contributed by atoms with Crippen molar-refractivity contribution in [2.75, 3.05) is 11.9 Å². The monoisotopic (exact) mass is 180 g/mol. The van der Waals surface area contributed by atoms with Gasteiger partial charge in [0, 0.05) is 19.3 Å². The molecule has 1 rings (SSSR count). The molecule has 1 aromatic rings. The molecule has 1 aromatic carbocycles. The average molecular weight is 180 g/mol. The molecule has 0 bridgehead atoms. The van der Waals surface area contributed by atoms with E-state index in [0.717, 1.165) is 10.5 Å². The van der Waals surface area contributed by atoms with Gasteiger partial charge in [-0.3, -0.25) is 4.90 Å². The van der Waals surface area contributed by atoms with Gasteiger partial charge in [0.25, 0.3) is 0 Å². The Kier molecular flexibility index (Phi) is 2.87. The molecular weight excluding hydrogens is 168 g/mol. The topological polar surface area (TPSA) is 66.6 Å². The zero-order valence-electron chi connectivity index (χ0n) is 7.40. The van der Waals surface area contributed by atoms with Crippen LogP contribution < -0.4 is 10.6 Å². The van der Waals surface area contributed by atoms with Gasteiger partial charge < -0.3 is 10.8 Å². The maximum atomic E-state index is 10.6. The number of anilines is 1. The van der Waals surface area contributed by atoms with E-state index in [9.17, 15) is 4.79 Å². The van der Waals surface area contributed by atoms with Crippen LogP contribution in [0.3, 0.4) is 0 Å². The lowest BCUT2D eigenvalue weighted by Gasteiger charge is -2.13. The van der Waals surface area contributed by atoms with E-state index in [1.54, 1.807) is 18.2 Å². The van der Waals surface area contributed by atoms with Crippen molar-refractivity contribution < 1.29 is 9.90 Å². The second kappa shape index (κ2) is 3.91. The summed E-state index contributed by atoms with van der Waals surface area (Å²) in [5.41, 5.74) is 6.99. The van der Waals surface area contributed by atoms with Crippen LogP contribution in [0.4, 0.5) is 10.5 Å². The molecule has 4 nitrogen and oxygen atoms in total. The Labute approximate surface area is 76.6 Å². The van der Waals surface area contributed by atoms with Crippen molar-refractivity contribution in [2.45, 2.75) is 6.54 Å². The minimum Gasteiger partial charge on any atom is -0.465 e. The molecule has 0 aliphatic rings. The van der Waals surface area contributed by atoms with E-state index in [0.29, 0.717) is 12.2 Å². The van der Waals surface area contributed by atoms with Crippen molar-refractivity contribution in [3.63, 3.8) is 0 Å². The number of hydrogen-bond donors (Lipinski definition) is 2. The van der Waals surface area contributed by atoms with E-state index < -0.39 is 6.09 Å². The lowest BCUT2D eigenvalue weighted by Crippen LogP contribution is -2.23.